The summed E-state index contributed by atoms with van der Waals surface area (Å²) in [7, 11) is 0. The first-order valence-corrected chi connectivity index (χ1v) is 11.4. The third kappa shape index (κ3) is 5.34. The second-order valence-electron chi connectivity index (χ2n) is 7.85. The van der Waals surface area contributed by atoms with E-state index in [0.717, 1.165) is 16.8 Å². The summed E-state index contributed by atoms with van der Waals surface area (Å²) >= 11 is 1.22. The average molecular weight is 479 g/mol. The highest BCUT2D eigenvalue weighted by molar-refractivity contribution is 8.15. The molecule has 2 amide bonds. The molecule has 1 N–H and O–H groups in total. The molecule has 1 atom stereocenters. The number of rotatable bonds is 7. The van der Waals surface area contributed by atoms with Crippen molar-refractivity contribution >= 4 is 45.8 Å². The van der Waals surface area contributed by atoms with Crippen molar-refractivity contribution in [1.82, 2.24) is 4.90 Å². The number of thioether (sulfide) groups is 1. The standard InChI is InChI=1S/C24H22N4O5S/c1-15-8-9-16(2)20(11-15)26-24-27(14-19-7-4-10-33-19)23(30)21(34-24)13-22(29)25-17-5-3-6-18(12-17)28(31)32/h3-12,21H,13-14H2,1-2H3,(H,25,29). The fraction of sp³-hybridized carbons (Fsp3) is 0.208. The molecule has 0 radical (unpaired) electrons. The Morgan fingerprint density at radius 2 is 2.03 bits per heavy atom. The van der Waals surface area contributed by atoms with Crippen LogP contribution in [0.1, 0.15) is 23.3 Å². The molecule has 1 fully saturated rings. The van der Waals surface area contributed by atoms with Crippen molar-refractivity contribution in [2.24, 2.45) is 4.99 Å². The predicted octanol–water partition coefficient (Wildman–Crippen LogP) is 4.97. The Balaban J connectivity index is 1.55. The fourth-order valence-corrected chi connectivity index (χ4v) is 4.60. The minimum Gasteiger partial charge on any atom is -0.467 e. The van der Waals surface area contributed by atoms with Crippen LogP contribution in [0.25, 0.3) is 0 Å². The first-order chi connectivity index (χ1) is 16.3. The van der Waals surface area contributed by atoms with Crippen LogP contribution in [0, 0.1) is 24.0 Å². The SMILES string of the molecule is Cc1ccc(C)c(N=C2SC(CC(=O)Nc3cccc([N+](=O)[O-])c3)C(=O)N2Cc2ccco2)c1. The van der Waals surface area contributed by atoms with Gasteiger partial charge in [-0.25, -0.2) is 4.99 Å². The number of carbonyl (C=O) groups excluding carboxylic acids is 2. The number of amides is 2. The second-order valence-corrected chi connectivity index (χ2v) is 9.02. The average Bonchev–Trinajstić information content (AvgIpc) is 3.41. The summed E-state index contributed by atoms with van der Waals surface area (Å²) in [5.74, 6) is -0.0683. The van der Waals surface area contributed by atoms with Gasteiger partial charge in [-0.1, -0.05) is 30.0 Å². The van der Waals surface area contributed by atoms with Crippen LogP contribution in [0.4, 0.5) is 17.1 Å². The third-order valence-electron chi connectivity index (χ3n) is 5.21. The van der Waals surface area contributed by atoms with Gasteiger partial charge in [-0.05, 0) is 49.2 Å². The van der Waals surface area contributed by atoms with E-state index in [2.05, 4.69) is 5.32 Å². The molecule has 1 saturated heterocycles. The molecule has 0 spiro atoms. The maximum Gasteiger partial charge on any atom is 0.271 e. The number of furan rings is 1. The highest BCUT2D eigenvalue weighted by Gasteiger charge is 2.39. The van der Waals surface area contributed by atoms with Crippen LogP contribution in [0.2, 0.25) is 0 Å². The molecule has 4 rings (SSSR count). The van der Waals surface area contributed by atoms with Crippen LogP contribution in [0.3, 0.4) is 0 Å². The van der Waals surface area contributed by atoms with Gasteiger partial charge in [0.25, 0.3) is 5.69 Å². The summed E-state index contributed by atoms with van der Waals surface area (Å²) < 4.78 is 5.42. The van der Waals surface area contributed by atoms with Crippen molar-refractivity contribution in [3.63, 3.8) is 0 Å². The Labute approximate surface area is 200 Å². The zero-order valence-corrected chi connectivity index (χ0v) is 19.4. The van der Waals surface area contributed by atoms with E-state index < -0.39 is 16.1 Å². The van der Waals surface area contributed by atoms with Gasteiger partial charge in [-0.3, -0.25) is 24.6 Å². The maximum absolute atomic E-state index is 13.2. The summed E-state index contributed by atoms with van der Waals surface area (Å²) in [4.78, 5) is 42.6. The number of hydrogen-bond donors (Lipinski definition) is 1. The minimum atomic E-state index is -0.683. The number of amidine groups is 1. The van der Waals surface area contributed by atoms with Crippen LogP contribution in [-0.4, -0.2) is 32.1 Å². The summed E-state index contributed by atoms with van der Waals surface area (Å²) in [6.45, 7) is 4.12. The highest BCUT2D eigenvalue weighted by Crippen LogP contribution is 2.34. The van der Waals surface area contributed by atoms with Gasteiger partial charge in [0.2, 0.25) is 11.8 Å². The third-order valence-corrected chi connectivity index (χ3v) is 6.38. The van der Waals surface area contributed by atoms with Crippen molar-refractivity contribution in [3.8, 4) is 0 Å². The number of aryl methyl sites for hydroxylation is 2. The molecule has 9 nitrogen and oxygen atoms in total. The van der Waals surface area contributed by atoms with E-state index in [-0.39, 0.29) is 24.6 Å². The van der Waals surface area contributed by atoms with Gasteiger partial charge in [0.05, 0.1) is 23.4 Å². The Morgan fingerprint density at radius 1 is 1.21 bits per heavy atom. The number of nitrogens with one attached hydrogen (secondary N) is 1. The monoisotopic (exact) mass is 478 g/mol. The lowest BCUT2D eigenvalue weighted by Gasteiger charge is -2.15. The zero-order chi connectivity index (χ0) is 24.2. The van der Waals surface area contributed by atoms with Gasteiger partial charge in [0, 0.05) is 24.2 Å². The van der Waals surface area contributed by atoms with Crippen molar-refractivity contribution in [2.45, 2.75) is 32.1 Å². The molecule has 10 heteroatoms. The molecule has 3 aromatic rings. The number of nitro benzene ring substituents is 1. The van der Waals surface area contributed by atoms with Crippen LogP contribution in [0.5, 0.6) is 0 Å². The normalized spacial score (nSPS) is 16.8. The van der Waals surface area contributed by atoms with Crippen molar-refractivity contribution in [1.29, 1.82) is 0 Å². The number of nitro groups is 1. The molecule has 1 aliphatic rings. The predicted molar refractivity (Wildman–Crippen MR) is 130 cm³/mol. The van der Waals surface area contributed by atoms with Gasteiger partial charge >= 0.3 is 0 Å². The second kappa shape index (κ2) is 9.92. The largest absolute Gasteiger partial charge is 0.467 e. The van der Waals surface area contributed by atoms with E-state index in [1.165, 1.54) is 41.1 Å². The Bertz CT molecular complexity index is 1270. The minimum absolute atomic E-state index is 0.104. The number of aliphatic imine (C=N–C) groups is 1. The number of nitrogens with zero attached hydrogens (tertiary/aromatic N) is 3. The quantitative estimate of drug-likeness (QED) is 0.379. The number of anilines is 1. The highest BCUT2D eigenvalue weighted by atomic mass is 32.2. The van der Waals surface area contributed by atoms with Crippen molar-refractivity contribution in [3.05, 3.63) is 87.9 Å². The van der Waals surface area contributed by atoms with Gasteiger partial charge < -0.3 is 9.73 Å². The molecular weight excluding hydrogens is 456 g/mol. The molecule has 2 aromatic carbocycles. The van der Waals surface area contributed by atoms with E-state index in [1.54, 1.807) is 18.2 Å². The molecule has 0 bridgehead atoms. The molecule has 0 aliphatic carbocycles. The zero-order valence-electron chi connectivity index (χ0n) is 18.6. The molecule has 1 unspecified atom stereocenters. The Kier molecular flexibility index (Phi) is 6.78. The maximum atomic E-state index is 13.2. The molecule has 34 heavy (non-hydrogen) atoms. The lowest BCUT2D eigenvalue weighted by Crippen LogP contribution is -2.33. The molecular formula is C24H22N4O5S. The van der Waals surface area contributed by atoms with Gasteiger partial charge in [-0.2, -0.15) is 0 Å². The van der Waals surface area contributed by atoms with E-state index in [9.17, 15) is 19.7 Å². The van der Waals surface area contributed by atoms with Crippen LogP contribution >= 0.6 is 11.8 Å². The van der Waals surface area contributed by atoms with Crippen LogP contribution in [-0.2, 0) is 16.1 Å². The van der Waals surface area contributed by atoms with E-state index in [1.807, 2.05) is 32.0 Å². The fourth-order valence-electron chi connectivity index (χ4n) is 3.45. The number of hydrogen-bond acceptors (Lipinski definition) is 7. The van der Waals surface area contributed by atoms with E-state index in [0.29, 0.717) is 16.6 Å². The molecule has 1 aromatic heterocycles. The van der Waals surface area contributed by atoms with Gasteiger partial charge in [-0.15, -0.1) is 0 Å². The topological polar surface area (TPSA) is 118 Å². The van der Waals surface area contributed by atoms with Gasteiger partial charge in [0.1, 0.15) is 11.0 Å². The lowest BCUT2D eigenvalue weighted by molar-refractivity contribution is -0.384. The number of non-ortho nitro benzene ring substituents is 1. The molecule has 2 heterocycles. The van der Waals surface area contributed by atoms with E-state index in [4.69, 9.17) is 9.41 Å². The van der Waals surface area contributed by atoms with Crippen LogP contribution < -0.4 is 5.32 Å². The summed E-state index contributed by atoms with van der Waals surface area (Å²) in [6, 6.07) is 15.1. The summed E-state index contributed by atoms with van der Waals surface area (Å²) in [5, 5.41) is 13.4. The number of benzene rings is 2. The lowest BCUT2D eigenvalue weighted by atomic mass is 10.1. The smallest absolute Gasteiger partial charge is 0.271 e. The molecule has 0 saturated carbocycles. The first-order valence-electron chi connectivity index (χ1n) is 10.5. The Hall–Kier alpha value is -3.92. The molecule has 174 valence electrons. The van der Waals surface area contributed by atoms with E-state index >= 15 is 0 Å². The van der Waals surface area contributed by atoms with Crippen LogP contribution in [0.15, 0.2) is 70.3 Å². The van der Waals surface area contributed by atoms with Crippen molar-refractivity contribution in [2.75, 3.05) is 5.32 Å². The molecule has 1 aliphatic heterocycles. The first kappa shape index (κ1) is 23.2. The summed E-state index contributed by atoms with van der Waals surface area (Å²) in [5.41, 5.74) is 2.94. The van der Waals surface area contributed by atoms with Gasteiger partial charge in [0.15, 0.2) is 5.17 Å². The Morgan fingerprint density at radius 3 is 2.76 bits per heavy atom. The number of carbonyl (C=O) groups is 2. The summed E-state index contributed by atoms with van der Waals surface area (Å²) in [6.07, 6.45) is 1.43. The van der Waals surface area contributed by atoms with Crippen molar-refractivity contribution < 1.29 is 18.9 Å².